The topological polar surface area (TPSA) is 98.8 Å². The van der Waals surface area contributed by atoms with Crippen LogP contribution in [0.2, 0.25) is 0 Å². The minimum Gasteiger partial charge on any atom is -0.497 e. The third-order valence-electron chi connectivity index (χ3n) is 4.69. The van der Waals surface area contributed by atoms with Gasteiger partial charge in [0.2, 0.25) is 5.91 Å². The van der Waals surface area contributed by atoms with Gasteiger partial charge in [0.15, 0.2) is 11.5 Å². The Morgan fingerprint density at radius 3 is 2.31 bits per heavy atom. The molecule has 9 heteroatoms. The average Bonchev–Trinajstić information content (AvgIpc) is 3.22. The summed E-state index contributed by atoms with van der Waals surface area (Å²) in [7, 11) is 4.73. The van der Waals surface area contributed by atoms with Crippen LogP contribution in [0, 0.1) is 6.92 Å². The Labute approximate surface area is 190 Å². The van der Waals surface area contributed by atoms with Crippen molar-refractivity contribution < 1.29 is 23.8 Å². The molecule has 32 heavy (non-hydrogen) atoms. The second-order valence-corrected chi connectivity index (χ2v) is 7.81. The van der Waals surface area contributed by atoms with Crippen molar-refractivity contribution in [2.75, 3.05) is 27.9 Å². The van der Waals surface area contributed by atoms with E-state index in [1.165, 1.54) is 11.3 Å². The molecule has 8 nitrogen and oxygen atoms in total. The predicted octanol–water partition coefficient (Wildman–Crippen LogP) is 3.19. The fourth-order valence-electron chi connectivity index (χ4n) is 2.95. The van der Waals surface area contributed by atoms with Gasteiger partial charge in [-0.05, 0) is 42.8 Å². The van der Waals surface area contributed by atoms with Crippen molar-refractivity contribution in [2.45, 2.75) is 13.5 Å². The first kappa shape index (κ1) is 23.1. The predicted molar refractivity (Wildman–Crippen MR) is 123 cm³/mol. The largest absolute Gasteiger partial charge is 0.497 e. The van der Waals surface area contributed by atoms with Crippen LogP contribution >= 0.6 is 11.3 Å². The third-order valence-corrected chi connectivity index (χ3v) is 5.90. The Morgan fingerprint density at radius 2 is 1.66 bits per heavy atom. The van der Waals surface area contributed by atoms with Crippen LogP contribution in [-0.2, 0) is 11.3 Å². The van der Waals surface area contributed by atoms with Crippen LogP contribution in [0.1, 0.15) is 20.9 Å². The highest BCUT2D eigenvalue weighted by Crippen LogP contribution is 2.34. The Bertz CT molecular complexity index is 1100. The summed E-state index contributed by atoms with van der Waals surface area (Å²) >= 11 is 1.26. The normalized spacial score (nSPS) is 10.4. The van der Waals surface area contributed by atoms with Gasteiger partial charge in [0.05, 0.1) is 33.6 Å². The van der Waals surface area contributed by atoms with Gasteiger partial charge in [-0.1, -0.05) is 12.1 Å². The van der Waals surface area contributed by atoms with Gasteiger partial charge in [-0.15, -0.1) is 11.3 Å². The lowest BCUT2D eigenvalue weighted by Gasteiger charge is -2.08. The molecule has 0 aliphatic carbocycles. The summed E-state index contributed by atoms with van der Waals surface area (Å²) in [5.74, 6) is 1.32. The summed E-state index contributed by atoms with van der Waals surface area (Å²) in [4.78, 5) is 29.7. The molecule has 0 unspecified atom stereocenters. The first-order chi connectivity index (χ1) is 15.4. The Hall–Kier alpha value is -3.59. The number of nitrogens with one attached hydrogen (secondary N) is 2. The lowest BCUT2D eigenvalue weighted by molar-refractivity contribution is -0.120. The van der Waals surface area contributed by atoms with Crippen LogP contribution in [0.4, 0.5) is 0 Å². The van der Waals surface area contributed by atoms with E-state index in [-0.39, 0.29) is 18.4 Å². The summed E-state index contributed by atoms with van der Waals surface area (Å²) in [6.45, 7) is 2.00. The van der Waals surface area contributed by atoms with Crippen LogP contribution in [-0.4, -0.2) is 44.7 Å². The maximum Gasteiger partial charge on any atom is 0.263 e. The van der Waals surface area contributed by atoms with Crippen LogP contribution in [0.15, 0.2) is 42.5 Å². The van der Waals surface area contributed by atoms with Crippen LogP contribution < -0.4 is 24.8 Å². The smallest absolute Gasteiger partial charge is 0.263 e. The summed E-state index contributed by atoms with van der Waals surface area (Å²) in [5, 5.41) is 6.11. The zero-order valence-corrected chi connectivity index (χ0v) is 19.2. The molecule has 0 radical (unpaired) electrons. The SMILES string of the molecule is COc1ccc(CNC(=O)CNC(=O)c2sc(-c3ccc(OC)c(OC)c3)nc2C)cc1. The van der Waals surface area contributed by atoms with E-state index in [0.29, 0.717) is 33.6 Å². The van der Waals surface area contributed by atoms with Crippen molar-refractivity contribution in [3.63, 3.8) is 0 Å². The minimum absolute atomic E-state index is 0.127. The van der Waals surface area contributed by atoms with Crippen LogP contribution in [0.25, 0.3) is 10.6 Å². The summed E-state index contributed by atoms with van der Waals surface area (Å²) in [5.41, 5.74) is 2.34. The maximum absolute atomic E-state index is 12.6. The number of benzene rings is 2. The molecular formula is C23H25N3O5S. The number of hydrogen-bond donors (Lipinski definition) is 2. The Morgan fingerprint density at radius 1 is 0.938 bits per heavy atom. The molecule has 2 aromatic carbocycles. The van der Waals surface area contributed by atoms with Gasteiger partial charge in [-0.2, -0.15) is 0 Å². The summed E-state index contributed by atoms with van der Waals surface area (Å²) < 4.78 is 15.7. The van der Waals surface area contributed by atoms with Crippen LogP contribution in [0.5, 0.6) is 17.2 Å². The van der Waals surface area contributed by atoms with E-state index in [0.717, 1.165) is 16.9 Å². The molecule has 3 rings (SSSR count). The van der Waals surface area contributed by atoms with Gasteiger partial charge in [0, 0.05) is 12.1 Å². The minimum atomic E-state index is -0.341. The van der Waals surface area contributed by atoms with Crippen molar-refractivity contribution in [1.82, 2.24) is 15.6 Å². The number of nitrogens with zero attached hydrogens (tertiary/aromatic N) is 1. The molecule has 0 aliphatic heterocycles. The molecule has 0 aliphatic rings. The Balaban J connectivity index is 1.58. The highest BCUT2D eigenvalue weighted by Gasteiger charge is 2.18. The highest BCUT2D eigenvalue weighted by atomic mass is 32.1. The van der Waals surface area contributed by atoms with Gasteiger partial charge in [0.1, 0.15) is 15.6 Å². The molecule has 1 aromatic heterocycles. The van der Waals surface area contributed by atoms with E-state index < -0.39 is 0 Å². The van der Waals surface area contributed by atoms with Gasteiger partial charge < -0.3 is 24.8 Å². The number of ether oxygens (including phenoxy) is 3. The first-order valence-corrected chi connectivity index (χ1v) is 10.6. The average molecular weight is 456 g/mol. The third kappa shape index (κ3) is 5.55. The molecule has 0 fully saturated rings. The number of aromatic nitrogens is 1. The Kier molecular flexibility index (Phi) is 7.67. The molecule has 0 saturated carbocycles. The quantitative estimate of drug-likeness (QED) is 0.514. The number of carbonyl (C=O) groups is 2. The molecule has 0 atom stereocenters. The van der Waals surface area contributed by atoms with Crippen LogP contribution in [0.3, 0.4) is 0 Å². The number of thiazole rings is 1. The molecule has 0 spiro atoms. The summed E-state index contributed by atoms with van der Waals surface area (Å²) in [6.07, 6.45) is 0. The van der Waals surface area contributed by atoms with E-state index in [1.807, 2.05) is 36.4 Å². The number of amides is 2. The molecule has 168 valence electrons. The van der Waals surface area contributed by atoms with Crippen molar-refractivity contribution >= 4 is 23.2 Å². The van der Waals surface area contributed by atoms with Gasteiger partial charge in [-0.25, -0.2) is 4.98 Å². The fourth-order valence-corrected chi connectivity index (χ4v) is 3.93. The molecule has 2 amide bonds. The summed E-state index contributed by atoms with van der Waals surface area (Å²) in [6, 6.07) is 12.8. The molecule has 3 aromatic rings. The number of carbonyl (C=O) groups excluding carboxylic acids is 2. The van der Waals surface area contributed by atoms with E-state index in [2.05, 4.69) is 15.6 Å². The first-order valence-electron chi connectivity index (χ1n) is 9.82. The fraction of sp³-hybridized carbons (Fsp3) is 0.261. The van der Waals surface area contributed by atoms with Crippen molar-refractivity contribution in [3.8, 4) is 27.8 Å². The number of hydrogen-bond acceptors (Lipinski definition) is 7. The van der Waals surface area contributed by atoms with E-state index >= 15 is 0 Å². The number of methoxy groups -OCH3 is 3. The number of rotatable bonds is 9. The lowest BCUT2D eigenvalue weighted by Crippen LogP contribution is -2.36. The monoisotopic (exact) mass is 455 g/mol. The van der Waals surface area contributed by atoms with Gasteiger partial charge in [-0.3, -0.25) is 9.59 Å². The van der Waals surface area contributed by atoms with Crippen molar-refractivity contribution in [2.24, 2.45) is 0 Å². The second kappa shape index (κ2) is 10.6. The van der Waals surface area contributed by atoms with E-state index in [1.54, 1.807) is 34.3 Å². The zero-order valence-electron chi connectivity index (χ0n) is 18.4. The molecule has 1 heterocycles. The second-order valence-electron chi connectivity index (χ2n) is 6.81. The maximum atomic E-state index is 12.6. The van der Waals surface area contributed by atoms with Gasteiger partial charge >= 0.3 is 0 Å². The van der Waals surface area contributed by atoms with Crippen molar-refractivity contribution in [1.29, 1.82) is 0 Å². The van der Waals surface area contributed by atoms with Crippen molar-refractivity contribution in [3.05, 3.63) is 58.6 Å². The van der Waals surface area contributed by atoms with E-state index in [9.17, 15) is 9.59 Å². The highest BCUT2D eigenvalue weighted by molar-refractivity contribution is 7.17. The zero-order chi connectivity index (χ0) is 23.1. The molecule has 0 saturated heterocycles. The molecule has 0 bridgehead atoms. The van der Waals surface area contributed by atoms with E-state index in [4.69, 9.17) is 14.2 Å². The number of aryl methyl sites for hydroxylation is 1. The van der Waals surface area contributed by atoms with Gasteiger partial charge in [0.25, 0.3) is 5.91 Å². The lowest BCUT2D eigenvalue weighted by atomic mass is 10.2. The molecular weight excluding hydrogens is 430 g/mol. The molecule has 2 N–H and O–H groups in total. The standard InChI is InChI=1S/C23H25N3O5S/c1-14-21(32-23(26-14)16-7-10-18(30-3)19(11-16)31-4)22(28)25-13-20(27)24-12-15-5-8-17(29-2)9-6-15/h5-11H,12-13H2,1-4H3,(H,24,27)(H,25,28).